The van der Waals surface area contributed by atoms with Gasteiger partial charge in [0.05, 0.1) is 10.9 Å². The number of nitrogens with one attached hydrogen (secondary N) is 2. The fourth-order valence-corrected chi connectivity index (χ4v) is 3.78. The van der Waals surface area contributed by atoms with Crippen LogP contribution in [0.25, 0.3) is 11.0 Å². The monoisotopic (exact) mass is 371 g/mol. The number of pyridine rings is 1. The van der Waals surface area contributed by atoms with Crippen molar-refractivity contribution in [1.29, 1.82) is 0 Å². The number of hydrogen-bond acceptors (Lipinski definition) is 5. The lowest BCUT2D eigenvalue weighted by atomic mass is 10.1. The first-order valence-electron chi connectivity index (χ1n) is 9.70. The largest absolute Gasteiger partial charge is 0.333 e. The van der Waals surface area contributed by atoms with Gasteiger partial charge in [-0.3, -0.25) is 19.1 Å². The summed E-state index contributed by atoms with van der Waals surface area (Å²) in [5.41, 5.74) is 0.499. The van der Waals surface area contributed by atoms with Crippen molar-refractivity contribution in [2.45, 2.75) is 51.6 Å². The van der Waals surface area contributed by atoms with Crippen molar-refractivity contribution in [3.63, 3.8) is 0 Å². The van der Waals surface area contributed by atoms with Crippen LogP contribution in [0, 0.1) is 0 Å². The predicted octanol–water partition coefficient (Wildman–Crippen LogP) is 0.806. The maximum Gasteiger partial charge on any atom is 0.329 e. The van der Waals surface area contributed by atoms with Crippen molar-refractivity contribution in [2.75, 3.05) is 19.6 Å². The van der Waals surface area contributed by atoms with E-state index in [1.807, 2.05) is 13.8 Å². The number of amides is 1. The van der Waals surface area contributed by atoms with Crippen molar-refractivity contribution in [3.05, 3.63) is 38.2 Å². The van der Waals surface area contributed by atoms with Crippen LogP contribution in [-0.2, 0) is 6.54 Å². The van der Waals surface area contributed by atoms with Gasteiger partial charge >= 0.3 is 5.69 Å². The van der Waals surface area contributed by atoms with Crippen molar-refractivity contribution < 1.29 is 4.79 Å². The lowest BCUT2D eigenvalue weighted by Gasteiger charge is -2.34. The minimum Gasteiger partial charge on any atom is -0.333 e. The van der Waals surface area contributed by atoms with Crippen molar-refractivity contribution in [2.24, 2.45) is 0 Å². The number of rotatable bonds is 4. The van der Waals surface area contributed by atoms with E-state index >= 15 is 0 Å². The highest BCUT2D eigenvalue weighted by atomic mass is 16.2. The van der Waals surface area contributed by atoms with Crippen LogP contribution in [0.2, 0.25) is 0 Å². The molecule has 144 valence electrons. The number of fused-ring (bicyclic) bond motifs is 1. The number of H-pyrrole nitrogens is 1. The number of aryl methyl sites for hydroxylation is 1. The first-order chi connectivity index (χ1) is 13.0. The van der Waals surface area contributed by atoms with Crippen LogP contribution in [0.15, 0.2) is 15.7 Å². The second kappa shape index (κ2) is 6.92. The Morgan fingerprint density at radius 1 is 1.33 bits per heavy atom. The molecule has 1 aliphatic heterocycles. The Bertz CT molecular complexity index is 1000. The quantitative estimate of drug-likeness (QED) is 0.828. The van der Waals surface area contributed by atoms with E-state index in [4.69, 9.17) is 0 Å². The highest BCUT2D eigenvalue weighted by Crippen LogP contribution is 2.40. The van der Waals surface area contributed by atoms with Crippen LogP contribution in [0.3, 0.4) is 0 Å². The average molecular weight is 371 g/mol. The number of carbonyl (C=O) groups is 1. The summed E-state index contributed by atoms with van der Waals surface area (Å²) in [5, 5.41) is 3.50. The standard InChI is InChI=1S/C19H25N5O3/c1-3-7-24-16-15(17(25)22-19(24)27)13(9-14(21-16)12-4-5-12)18(26)23-8-6-20-10-11(23)2/h9,11-12,20H,3-8,10H2,1-2H3,(H,22,25,27)/t11-/m1/s1. The molecule has 1 atom stereocenters. The molecule has 8 nitrogen and oxygen atoms in total. The zero-order valence-electron chi connectivity index (χ0n) is 15.7. The third-order valence-corrected chi connectivity index (χ3v) is 5.40. The van der Waals surface area contributed by atoms with Gasteiger partial charge in [0.2, 0.25) is 0 Å². The van der Waals surface area contributed by atoms with E-state index in [2.05, 4.69) is 15.3 Å². The predicted molar refractivity (Wildman–Crippen MR) is 102 cm³/mol. The minimum atomic E-state index is -0.539. The molecule has 8 heteroatoms. The van der Waals surface area contributed by atoms with E-state index in [1.54, 1.807) is 11.0 Å². The van der Waals surface area contributed by atoms with Crippen LogP contribution in [0.1, 0.15) is 55.1 Å². The Morgan fingerprint density at radius 2 is 2.11 bits per heavy atom. The molecular formula is C19H25N5O3. The van der Waals surface area contributed by atoms with Gasteiger partial charge in [0.25, 0.3) is 11.5 Å². The molecule has 0 bridgehead atoms. The first-order valence-corrected chi connectivity index (χ1v) is 9.70. The van der Waals surface area contributed by atoms with Gasteiger partial charge in [-0.15, -0.1) is 0 Å². The van der Waals surface area contributed by atoms with E-state index in [0.717, 1.165) is 38.0 Å². The molecule has 1 saturated heterocycles. The fourth-order valence-electron chi connectivity index (χ4n) is 3.78. The molecule has 27 heavy (non-hydrogen) atoms. The molecule has 0 spiro atoms. The van der Waals surface area contributed by atoms with Gasteiger partial charge in [0.1, 0.15) is 0 Å². The maximum atomic E-state index is 13.4. The lowest BCUT2D eigenvalue weighted by Crippen LogP contribution is -2.52. The van der Waals surface area contributed by atoms with Gasteiger partial charge in [-0.2, -0.15) is 0 Å². The second-order valence-corrected chi connectivity index (χ2v) is 7.53. The normalized spacial score (nSPS) is 20.2. The van der Waals surface area contributed by atoms with Gasteiger partial charge in [0, 0.05) is 43.8 Å². The Hall–Kier alpha value is -2.48. The highest BCUT2D eigenvalue weighted by molar-refractivity contribution is 6.05. The van der Waals surface area contributed by atoms with E-state index in [9.17, 15) is 14.4 Å². The summed E-state index contributed by atoms with van der Waals surface area (Å²) >= 11 is 0. The number of hydrogen-bond donors (Lipinski definition) is 2. The molecule has 0 unspecified atom stereocenters. The summed E-state index contributed by atoms with van der Waals surface area (Å²) in [6, 6.07) is 1.81. The number of aromatic amines is 1. The van der Waals surface area contributed by atoms with Gasteiger partial charge in [-0.05, 0) is 32.3 Å². The Balaban J connectivity index is 1.95. The van der Waals surface area contributed by atoms with Crippen molar-refractivity contribution in [3.8, 4) is 0 Å². The van der Waals surface area contributed by atoms with Gasteiger partial charge in [-0.1, -0.05) is 6.92 Å². The van der Waals surface area contributed by atoms with Crippen LogP contribution >= 0.6 is 0 Å². The SMILES string of the molecule is CCCn1c(=O)[nH]c(=O)c2c(C(=O)N3CCNC[C@H]3C)cc(C3CC3)nc21. The number of piperazine rings is 1. The van der Waals surface area contributed by atoms with Gasteiger partial charge < -0.3 is 10.2 Å². The summed E-state index contributed by atoms with van der Waals surface area (Å²) in [6.07, 6.45) is 2.78. The Labute approximate surface area is 156 Å². The molecule has 3 heterocycles. The molecule has 2 fully saturated rings. The zero-order chi connectivity index (χ0) is 19.1. The van der Waals surface area contributed by atoms with E-state index < -0.39 is 11.2 Å². The van der Waals surface area contributed by atoms with E-state index in [1.165, 1.54) is 4.57 Å². The van der Waals surface area contributed by atoms with E-state index in [-0.39, 0.29) is 17.3 Å². The second-order valence-electron chi connectivity index (χ2n) is 7.53. The Morgan fingerprint density at radius 3 is 2.78 bits per heavy atom. The molecule has 0 aromatic carbocycles. The topological polar surface area (TPSA) is 100 Å². The number of aromatic nitrogens is 3. The number of carbonyl (C=O) groups excluding carboxylic acids is 1. The number of nitrogens with zero attached hydrogens (tertiary/aromatic N) is 3. The maximum absolute atomic E-state index is 13.4. The molecule has 4 rings (SSSR count). The summed E-state index contributed by atoms with van der Waals surface area (Å²) in [4.78, 5) is 47.2. The van der Waals surface area contributed by atoms with Crippen molar-refractivity contribution >= 4 is 16.9 Å². The molecule has 1 amide bonds. The summed E-state index contributed by atoms with van der Waals surface area (Å²) in [7, 11) is 0. The van der Waals surface area contributed by atoms with Crippen LogP contribution in [0.4, 0.5) is 0 Å². The molecular weight excluding hydrogens is 346 g/mol. The minimum absolute atomic E-state index is 0.0412. The smallest absolute Gasteiger partial charge is 0.329 e. The summed E-state index contributed by atoms with van der Waals surface area (Å²) in [5.74, 6) is 0.149. The van der Waals surface area contributed by atoms with Crippen molar-refractivity contribution in [1.82, 2.24) is 24.8 Å². The van der Waals surface area contributed by atoms with Crippen LogP contribution in [-0.4, -0.2) is 51.0 Å². The molecule has 2 aromatic heterocycles. The molecule has 2 aliphatic rings. The highest BCUT2D eigenvalue weighted by Gasteiger charge is 2.31. The lowest BCUT2D eigenvalue weighted by molar-refractivity contribution is 0.0657. The summed E-state index contributed by atoms with van der Waals surface area (Å²) in [6.45, 7) is 6.45. The van der Waals surface area contributed by atoms with Gasteiger partial charge in [0.15, 0.2) is 5.65 Å². The Kier molecular flexibility index (Phi) is 4.59. The third-order valence-electron chi connectivity index (χ3n) is 5.40. The molecule has 1 aliphatic carbocycles. The third kappa shape index (κ3) is 3.18. The van der Waals surface area contributed by atoms with Crippen LogP contribution < -0.4 is 16.6 Å². The molecule has 2 aromatic rings. The van der Waals surface area contributed by atoms with E-state index in [0.29, 0.717) is 30.2 Å². The summed E-state index contributed by atoms with van der Waals surface area (Å²) < 4.78 is 1.49. The molecule has 2 N–H and O–H groups in total. The molecule has 1 saturated carbocycles. The zero-order valence-corrected chi connectivity index (χ0v) is 15.7. The van der Waals surface area contributed by atoms with Crippen LogP contribution in [0.5, 0.6) is 0 Å². The molecule has 0 radical (unpaired) electrons. The average Bonchev–Trinajstić information content (AvgIpc) is 3.49. The fraction of sp³-hybridized carbons (Fsp3) is 0.579. The first kappa shape index (κ1) is 17.9. The van der Waals surface area contributed by atoms with Gasteiger partial charge in [-0.25, -0.2) is 9.78 Å².